The van der Waals surface area contributed by atoms with Crippen molar-refractivity contribution in [1.29, 1.82) is 0 Å². The van der Waals surface area contributed by atoms with Gasteiger partial charge in [0.2, 0.25) is 5.91 Å². The van der Waals surface area contributed by atoms with Gasteiger partial charge in [-0.1, -0.05) is 29.3 Å². The maximum Gasteiger partial charge on any atom is 0.244 e. The number of nitrogens with one attached hydrogen (secondary N) is 1. The third-order valence-corrected chi connectivity index (χ3v) is 5.09. The molecule has 21 heavy (non-hydrogen) atoms. The van der Waals surface area contributed by atoms with Crippen LogP contribution in [-0.2, 0) is 4.79 Å². The zero-order valence-corrected chi connectivity index (χ0v) is 13.2. The van der Waals surface area contributed by atoms with E-state index in [1.165, 1.54) is 25.9 Å². The van der Waals surface area contributed by atoms with Crippen LogP contribution in [0.25, 0.3) is 6.08 Å². The minimum Gasteiger partial charge on any atom is -0.348 e. The number of hydrogen-bond donors (Lipinski definition) is 1. The number of carbonyl (C=O) groups is 1. The smallest absolute Gasteiger partial charge is 0.244 e. The van der Waals surface area contributed by atoms with Crippen LogP contribution in [0.1, 0.15) is 18.4 Å². The Balaban J connectivity index is 1.58. The van der Waals surface area contributed by atoms with E-state index in [0.29, 0.717) is 22.0 Å². The number of rotatable bonds is 3. The maximum absolute atomic E-state index is 12.0. The Morgan fingerprint density at radius 2 is 2.00 bits per heavy atom. The van der Waals surface area contributed by atoms with E-state index in [2.05, 4.69) is 10.2 Å². The van der Waals surface area contributed by atoms with Crippen LogP contribution < -0.4 is 5.32 Å². The molecule has 3 aliphatic heterocycles. The number of piperidine rings is 3. The molecule has 2 bridgehead atoms. The van der Waals surface area contributed by atoms with Gasteiger partial charge in [-0.15, -0.1) is 0 Å². The molecule has 1 aromatic carbocycles. The average Bonchev–Trinajstić information content (AvgIpc) is 2.50. The molecular weight excluding hydrogens is 307 g/mol. The molecule has 3 fully saturated rings. The van der Waals surface area contributed by atoms with E-state index in [0.717, 1.165) is 12.1 Å². The van der Waals surface area contributed by atoms with Crippen LogP contribution >= 0.6 is 23.2 Å². The lowest BCUT2D eigenvalue weighted by molar-refractivity contribution is -0.118. The summed E-state index contributed by atoms with van der Waals surface area (Å²) in [7, 11) is 0. The van der Waals surface area contributed by atoms with Crippen molar-refractivity contribution in [2.45, 2.75) is 18.9 Å². The molecule has 3 nitrogen and oxygen atoms in total. The number of carbonyl (C=O) groups excluding carboxylic acids is 1. The molecule has 1 atom stereocenters. The fourth-order valence-corrected chi connectivity index (χ4v) is 3.45. The summed E-state index contributed by atoms with van der Waals surface area (Å²) in [4.78, 5) is 14.5. The van der Waals surface area contributed by atoms with Crippen molar-refractivity contribution >= 4 is 35.2 Å². The van der Waals surface area contributed by atoms with Gasteiger partial charge in [0.05, 0.1) is 10.0 Å². The largest absolute Gasteiger partial charge is 0.348 e. The molecule has 4 rings (SSSR count). The Bertz CT molecular complexity index is 565. The summed E-state index contributed by atoms with van der Waals surface area (Å²) in [6.07, 6.45) is 5.72. The maximum atomic E-state index is 12.0. The van der Waals surface area contributed by atoms with Crippen molar-refractivity contribution < 1.29 is 4.79 Å². The van der Waals surface area contributed by atoms with Crippen LogP contribution in [0.2, 0.25) is 10.0 Å². The number of hydrogen-bond acceptors (Lipinski definition) is 2. The van der Waals surface area contributed by atoms with E-state index in [1.54, 1.807) is 24.3 Å². The molecule has 5 heteroatoms. The van der Waals surface area contributed by atoms with Gasteiger partial charge in [0.15, 0.2) is 0 Å². The van der Waals surface area contributed by atoms with Crippen molar-refractivity contribution in [3.63, 3.8) is 0 Å². The highest BCUT2D eigenvalue weighted by Gasteiger charge is 2.34. The Kier molecular flexibility index (Phi) is 4.53. The van der Waals surface area contributed by atoms with Crippen LogP contribution in [-0.4, -0.2) is 36.5 Å². The summed E-state index contributed by atoms with van der Waals surface area (Å²) in [6, 6.07) is 5.61. The van der Waals surface area contributed by atoms with Gasteiger partial charge in [-0.3, -0.25) is 4.79 Å². The lowest BCUT2D eigenvalue weighted by Gasteiger charge is -2.44. The first-order valence-electron chi connectivity index (χ1n) is 7.28. The monoisotopic (exact) mass is 324 g/mol. The first-order valence-corrected chi connectivity index (χ1v) is 8.03. The topological polar surface area (TPSA) is 32.3 Å². The molecule has 1 N–H and O–H groups in total. The highest BCUT2D eigenvalue weighted by atomic mass is 35.5. The van der Waals surface area contributed by atoms with Gasteiger partial charge in [-0.25, -0.2) is 0 Å². The van der Waals surface area contributed by atoms with Crippen LogP contribution in [0.3, 0.4) is 0 Å². The molecular formula is C16H18Cl2N2O. The Labute approximate surface area is 134 Å². The molecule has 1 aromatic rings. The van der Waals surface area contributed by atoms with E-state index in [1.807, 2.05) is 6.07 Å². The number of nitrogens with zero attached hydrogens (tertiary/aromatic N) is 1. The quantitative estimate of drug-likeness (QED) is 0.866. The van der Waals surface area contributed by atoms with Crippen LogP contribution in [0.4, 0.5) is 0 Å². The van der Waals surface area contributed by atoms with Crippen LogP contribution in [0.5, 0.6) is 0 Å². The number of benzene rings is 1. The van der Waals surface area contributed by atoms with E-state index in [-0.39, 0.29) is 5.91 Å². The zero-order chi connectivity index (χ0) is 14.8. The summed E-state index contributed by atoms with van der Waals surface area (Å²) in [5, 5.41) is 4.14. The highest BCUT2D eigenvalue weighted by Crippen LogP contribution is 2.27. The molecule has 3 heterocycles. The summed E-state index contributed by atoms with van der Waals surface area (Å²) in [5.74, 6) is 0.595. The van der Waals surface area contributed by atoms with Gasteiger partial charge in [0.1, 0.15) is 0 Å². The Hall–Kier alpha value is -1.03. The molecule has 0 aromatic heterocycles. The normalized spacial score (nSPS) is 28.0. The predicted octanol–water partition coefficient (Wildman–Crippen LogP) is 3.22. The molecule has 3 aliphatic rings. The molecule has 0 spiro atoms. The molecule has 1 unspecified atom stereocenters. The van der Waals surface area contributed by atoms with Gasteiger partial charge in [0.25, 0.3) is 0 Å². The van der Waals surface area contributed by atoms with E-state index in [9.17, 15) is 4.79 Å². The van der Waals surface area contributed by atoms with Gasteiger partial charge in [-0.05, 0) is 55.6 Å². The van der Waals surface area contributed by atoms with Crippen LogP contribution in [0.15, 0.2) is 24.3 Å². The fraction of sp³-hybridized carbons (Fsp3) is 0.438. The van der Waals surface area contributed by atoms with Gasteiger partial charge >= 0.3 is 0 Å². The molecule has 3 saturated heterocycles. The lowest BCUT2D eigenvalue weighted by Crippen LogP contribution is -2.57. The fourth-order valence-electron chi connectivity index (χ4n) is 3.15. The minimum atomic E-state index is -0.0418. The van der Waals surface area contributed by atoms with E-state index in [4.69, 9.17) is 23.2 Å². The second kappa shape index (κ2) is 6.39. The summed E-state index contributed by atoms with van der Waals surface area (Å²) in [6.45, 7) is 3.34. The second-order valence-corrected chi connectivity index (χ2v) is 6.57. The average molecular weight is 325 g/mol. The zero-order valence-electron chi connectivity index (χ0n) is 11.7. The van der Waals surface area contributed by atoms with Crippen molar-refractivity contribution in [2.75, 3.05) is 19.6 Å². The Morgan fingerprint density at radius 1 is 1.24 bits per heavy atom. The number of halogens is 2. The first-order chi connectivity index (χ1) is 10.1. The standard InChI is InChI=1S/C16H18Cl2N2O/c17-13-3-1-11(9-14(13)18)2-4-16(21)19-15-10-20-7-5-12(15)6-8-20/h1-4,9,12,15H,5-8,10H2,(H,19,21)/b4-2+. The third kappa shape index (κ3) is 3.60. The highest BCUT2D eigenvalue weighted by molar-refractivity contribution is 6.42. The molecule has 0 saturated carbocycles. The number of fused-ring (bicyclic) bond motifs is 3. The van der Waals surface area contributed by atoms with Crippen molar-refractivity contribution in [3.8, 4) is 0 Å². The molecule has 1 amide bonds. The molecule has 112 valence electrons. The third-order valence-electron chi connectivity index (χ3n) is 4.35. The van der Waals surface area contributed by atoms with E-state index >= 15 is 0 Å². The first kappa shape index (κ1) is 14.9. The summed E-state index contributed by atoms with van der Waals surface area (Å²) >= 11 is 11.8. The van der Waals surface area contributed by atoms with Crippen molar-refractivity contribution in [2.24, 2.45) is 5.92 Å². The van der Waals surface area contributed by atoms with Crippen molar-refractivity contribution in [3.05, 3.63) is 39.9 Å². The van der Waals surface area contributed by atoms with Crippen molar-refractivity contribution in [1.82, 2.24) is 10.2 Å². The summed E-state index contributed by atoms with van der Waals surface area (Å²) in [5.41, 5.74) is 0.869. The van der Waals surface area contributed by atoms with Gasteiger partial charge in [0, 0.05) is 18.7 Å². The van der Waals surface area contributed by atoms with E-state index < -0.39 is 0 Å². The molecule has 0 radical (unpaired) electrons. The molecule has 0 aliphatic carbocycles. The van der Waals surface area contributed by atoms with Gasteiger partial charge < -0.3 is 10.2 Å². The SMILES string of the molecule is O=C(/C=C/c1ccc(Cl)c(Cl)c1)NC1CN2CCC1CC2. The second-order valence-electron chi connectivity index (χ2n) is 5.76. The number of amides is 1. The van der Waals surface area contributed by atoms with Crippen LogP contribution in [0, 0.1) is 5.92 Å². The minimum absolute atomic E-state index is 0.0418. The Morgan fingerprint density at radius 3 is 2.62 bits per heavy atom. The lowest BCUT2D eigenvalue weighted by atomic mass is 9.84. The van der Waals surface area contributed by atoms with Gasteiger partial charge in [-0.2, -0.15) is 0 Å². The summed E-state index contributed by atoms with van der Waals surface area (Å²) < 4.78 is 0. The predicted molar refractivity (Wildman–Crippen MR) is 86.6 cm³/mol.